The van der Waals surface area contributed by atoms with Gasteiger partial charge in [0.05, 0.1) is 11.4 Å². The molecule has 16 heavy (non-hydrogen) atoms. The summed E-state index contributed by atoms with van der Waals surface area (Å²) < 4.78 is 0. The second-order valence-corrected chi connectivity index (χ2v) is 2.95. The zero-order chi connectivity index (χ0) is 11.8. The largest absolute Gasteiger partial charge is 0.481 e. The van der Waals surface area contributed by atoms with E-state index >= 15 is 0 Å². The van der Waals surface area contributed by atoms with Crippen molar-refractivity contribution in [3.8, 4) is 11.4 Å². The maximum Gasteiger partial charge on any atom is 0.300 e. The van der Waals surface area contributed by atoms with Gasteiger partial charge in [-0.3, -0.25) is 14.8 Å². The van der Waals surface area contributed by atoms with Crippen LogP contribution in [0.25, 0.3) is 11.4 Å². The molecular formula is C12H12N2O2. The number of nitrogens with zero attached hydrogens (tertiary/aromatic N) is 2. The van der Waals surface area contributed by atoms with Crippen molar-refractivity contribution in [2.24, 2.45) is 0 Å². The lowest BCUT2D eigenvalue weighted by atomic mass is 10.2. The summed E-state index contributed by atoms with van der Waals surface area (Å²) in [7, 11) is 0. The van der Waals surface area contributed by atoms with E-state index in [1.165, 1.54) is 0 Å². The molecule has 0 spiro atoms. The van der Waals surface area contributed by atoms with E-state index in [1.807, 2.05) is 36.4 Å². The molecule has 0 radical (unpaired) electrons. The molecule has 0 fully saturated rings. The number of carboxylic acids is 1. The summed E-state index contributed by atoms with van der Waals surface area (Å²) in [5.41, 5.74) is 1.83. The lowest BCUT2D eigenvalue weighted by Crippen LogP contribution is -1.83. The predicted octanol–water partition coefficient (Wildman–Crippen LogP) is 2.23. The quantitative estimate of drug-likeness (QED) is 0.794. The van der Waals surface area contributed by atoms with Crippen LogP contribution in [-0.4, -0.2) is 21.0 Å². The number of hydrogen-bond acceptors (Lipinski definition) is 3. The molecule has 2 rings (SSSR count). The van der Waals surface area contributed by atoms with E-state index < -0.39 is 5.97 Å². The van der Waals surface area contributed by atoms with Gasteiger partial charge in [0.2, 0.25) is 0 Å². The first-order valence-corrected chi connectivity index (χ1v) is 4.72. The minimum absolute atomic E-state index is 0.833. The molecule has 4 nitrogen and oxygen atoms in total. The normalized spacial score (nSPS) is 8.81. The van der Waals surface area contributed by atoms with Crippen LogP contribution in [0.2, 0.25) is 0 Å². The molecule has 0 aliphatic rings. The van der Waals surface area contributed by atoms with Crippen LogP contribution < -0.4 is 0 Å². The lowest BCUT2D eigenvalue weighted by molar-refractivity contribution is -0.134. The van der Waals surface area contributed by atoms with Gasteiger partial charge in [-0.2, -0.15) is 0 Å². The van der Waals surface area contributed by atoms with E-state index in [4.69, 9.17) is 9.90 Å². The van der Waals surface area contributed by atoms with E-state index in [-0.39, 0.29) is 0 Å². The molecule has 0 atom stereocenters. The Morgan fingerprint density at radius 2 is 1.38 bits per heavy atom. The second-order valence-electron chi connectivity index (χ2n) is 2.95. The number of hydrogen-bond donors (Lipinski definition) is 1. The van der Waals surface area contributed by atoms with Crippen molar-refractivity contribution in [1.29, 1.82) is 0 Å². The zero-order valence-corrected chi connectivity index (χ0v) is 8.87. The van der Waals surface area contributed by atoms with Crippen LogP contribution in [0.1, 0.15) is 6.92 Å². The van der Waals surface area contributed by atoms with Gasteiger partial charge < -0.3 is 5.11 Å². The third-order valence-corrected chi connectivity index (χ3v) is 1.59. The van der Waals surface area contributed by atoms with Crippen molar-refractivity contribution in [3.05, 3.63) is 48.8 Å². The summed E-state index contributed by atoms with van der Waals surface area (Å²) in [6, 6.07) is 11.6. The summed E-state index contributed by atoms with van der Waals surface area (Å²) in [6.07, 6.45) is 3.54. The molecule has 0 saturated carbocycles. The van der Waals surface area contributed by atoms with Gasteiger partial charge in [-0.25, -0.2) is 0 Å². The Balaban J connectivity index is 0.000000280. The Labute approximate surface area is 93.6 Å². The standard InChI is InChI=1S/C10H8N2.C2H4O2/c1-3-7-11-9(5-1)10-6-2-4-8-12-10;1-2(3)4/h1-8H;1H3,(H,3,4). The summed E-state index contributed by atoms with van der Waals surface area (Å²) in [5.74, 6) is -0.833. The Hall–Kier alpha value is -2.23. The highest BCUT2D eigenvalue weighted by Gasteiger charge is 1.95. The topological polar surface area (TPSA) is 63.1 Å². The third kappa shape index (κ3) is 4.32. The molecule has 0 bridgehead atoms. The number of aliphatic carboxylic acids is 1. The van der Waals surface area contributed by atoms with Crippen LogP contribution in [0, 0.1) is 0 Å². The van der Waals surface area contributed by atoms with Crippen LogP contribution in [0.3, 0.4) is 0 Å². The Morgan fingerprint density at radius 3 is 1.62 bits per heavy atom. The number of pyridine rings is 2. The minimum atomic E-state index is -0.833. The number of aromatic nitrogens is 2. The van der Waals surface area contributed by atoms with Gasteiger partial charge in [-0.15, -0.1) is 0 Å². The number of rotatable bonds is 1. The van der Waals surface area contributed by atoms with E-state index in [0.29, 0.717) is 0 Å². The highest BCUT2D eigenvalue weighted by atomic mass is 16.4. The van der Waals surface area contributed by atoms with Gasteiger partial charge in [0.1, 0.15) is 0 Å². The van der Waals surface area contributed by atoms with Crippen molar-refractivity contribution in [2.75, 3.05) is 0 Å². The highest BCUT2D eigenvalue weighted by molar-refractivity contribution is 5.62. The molecule has 0 amide bonds. The van der Waals surface area contributed by atoms with Crippen LogP contribution in [0.5, 0.6) is 0 Å². The van der Waals surface area contributed by atoms with Crippen molar-refractivity contribution in [2.45, 2.75) is 6.92 Å². The van der Waals surface area contributed by atoms with Crippen molar-refractivity contribution in [1.82, 2.24) is 9.97 Å². The first-order chi connectivity index (χ1) is 7.70. The zero-order valence-electron chi connectivity index (χ0n) is 8.87. The Morgan fingerprint density at radius 1 is 1.00 bits per heavy atom. The molecule has 2 aromatic heterocycles. The van der Waals surface area contributed by atoms with Crippen molar-refractivity contribution < 1.29 is 9.90 Å². The lowest BCUT2D eigenvalue weighted by Gasteiger charge is -1.96. The maximum absolute atomic E-state index is 9.00. The van der Waals surface area contributed by atoms with Crippen molar-refractivity contribution >= 4 is 5.97 Å². The number of carboxylic acid groups (broad SMARTS) is 1. The van der Waals surface area contributed by atoms with E-state index in [1.54, 1.807) is 12.4 Å². The molecule has 0 aliphatic heterocycles. The van der Waals surface area contributed by atoms with Gasteiger partial charge in [0.15, 0.2) is 0 Å². The van der Waals surface area contributed by atoms with E-state index in [9.17, 15) is 0 Å². The summed E-state index contributed by atoms with van der Waals surface area (Å²) in [6.45, 7) is 1.08. The van der Waals surface area contributed by atoms with Gasteiger partial charge >= 0.3 is 0 Å². The van der Waals surface area contributed by atoms with Gasteiger partial charge in [-0.1, -0.05) is 12.1 Å². The number of carbonyl (C=O) groups is 1. The minimum Gasteiger partial charge on any atom is -0.481 e. The van der Waals surface area contributed by atoms with Gasteiger partial charge in [0.25, 0.3) is 5.97 Å². The summed E-state index contributed by atoms with van der Waals surface area (Å²) >= 11 is 0. The molecular weight excluding hydrogens is 204 g/mol. The molecule has 4 heteroatoms. The summed E-state index contributed by atoms with van der Waals surface area (Å²) in [5, 5.41) is 7.42. The average Bonchev–Trinajstić information content (AvgIpc) is 2.31. The molecule has 0 saturated heterocycles. The van der Waals surface area contributed by atoms with E-state index in [0.717, 1.165) is 18.3 Å². The SMILES string of the molecule is CC(=O)O.c1ccc(-c2ccccn2)nc1. The maximum atomic E-state index is 9.00. The van der Waals surface area contributed by atoms with Gasteiger partial charge in [-0.05, 0) is 24.3 Å². The molecule has 82 valence electrons. The third-order valence-electron chi connectivity index (χ3n) is 1.59. The fourth-order valence-corrected chi connectivity index (χ4v) is 1.03. The molecule has 0 aromatic carbocycles. The van der Waals surface area contributed by atoms with Crippen LogP contribution in [0.4, 0.5) is 0 Å². The highest BCUT2D eigenvalue weighted by Crippen LogP contribution is 2.10. The predicted molar refractivity (Wildman–Crippen MR) is 60.8 cm³/mol. The first-order valence-electron chi connectivity index (χ1n) is 4.72. The van der Waals surface area contributed by atoms with Crippen LogP contribution in [0.15, 0.2) is 48.8 Å². The van der Waals surface area contributed by atoms with Crippen LogP contribution >= 0.6 is 0 Å². The van der Waals surface area contributed by atoms with Gasteiger partial charge in [0, 0.05) is 19.3 Å². The fraction of sp³-hybridized carbons (Fsp3) is 0.0833. The molecule has 2 aromatic rings. The van der Waals surface area contributed by atoms with Crippen LogP contribution in [-0.2, 0) is 4.79 Å². The summed E-state index contributed by atoms with van der Waals surface area (Å²) in [4.78, 5) is 17.4. The Kier molecular flexibility index (Phi) is 4.66. The molecule has 0 aliphatic carbocycles. The smallest absolute Gasteiger partial charge is 0.300 e. The monoisotopic (exact) mass is 216 g/mol. The molecule has 0 unspecified atom stereocenters. The molecule has 2 heterocycles. The fourth-order valence-electron chi connectivity index (χ4n) is 1.03. The first kappa shape index (κ1) is 11.8. The molecule has 1 N–H and O–H groups in total. The Bertz CT molecular complexity index is 388. The second kappa shape index (κ2) is 6.29. The average molecular weight is 216 g/mol. The van der Waals surface area contributed by atoms with E-state index in [2.05, 4.69) is 9.97 Å². The van der Waals surface area contributed by atoms with Crippen molar-refractivity contribution in [3.63, 3.8) is 0 Å².